The Morgan fingerprint density at radius 2 is 1.46 bits per heavy atom. The molecular weight excluding hydrogens is 440 g/mol. The molecule has 6 fully saturated rings. The SMILES string of the molecule is CC(C)(O)[C@H]1CC[C@](C)([C@H]2[C@@H](O)C[C@@]3(C)[C@H]4C[C@H](O)[C@H]5C(C)(C)[C@@H](O)CC[C@@]56C[C@@]46CC[C@]23C)O1. The van der Waals surface area contributed by atoms with E-state index >= 15 is 0 Å². The highest BCUT2D eigenvalue weighted by atomic mass is 16.5. The predicted molar refractivity (Wildman–Crippen MR) is 134 cm³/mol. The van der Waals surface area contributed by atoms with Gasteiger partial charge in [0.15, 0.2) is 0 Å². The molecule has 5 heteroatoms. The first kappa shape index (κ1) is 25.1. The fourth-order valence-electron chi connectivity index (χ4n) is 12.1. The van der Waals surface area contributed by atoms with E-state index in [1.807, 2.05) is 13.8 Å². The quantitative estimate of drug-likeness (QED) is 0.460. The first-order valence-electron chi connectivity index (χ1n) is 14.4. The minimum absolute atomic E-state index is 0.0267. The van der Waals surface area contributed by atoms with E-state index in [9.17, 15) is 20.4 Å². The van der Waals surface area contributed by atoms with Crippen LogP contribution in [-0.2, 0) is 4.74 Å². The van der Waals surface area contributed by atoms with Crippen LogP contribution >= 0.6 is 0 Å². The van der Waals surface area contributed by atoms with Crippen molar-refractivity contribution in [2.45, 2.75) is 142 Å². The summed E-state index contributed by atoms with van der Waals surface area (Å²) >= 11 is 0. The highest BCUT2D eigenvalue weighted by molar-refractivity contribution is 5.33. The number of rotatable bonds is 2. The molecule has 6 rings (SSSR count). The monoisotopic (exact) mass is 490 g/mol. The van der Waals surface area contributed by atoms with E-state index < -0.39 is 23.4 Å². The zero-order chi connectivity index (χ0) is 25.6. The van der Waals surface area contributed by atoms with Crippen LogP contribution in [0.3, 0.4) is 0 Å². The number of fused-ring (bicyclic) bond motifs is 2. The molecule has 0 aromatic rings. The van der Waals surface area contributed by atoms with E-state index in [0.717, 1.165) is 51.4 Å². The van der Waals surface area contributed by atoms with Crippen LogP contribution in [0, 0.1) is 44.8 Å². The number of hydrogen-bond acceptors (Lipinski definition) is 5. The first-order valence-corrected chi connectivity index (χ1v) is 14.4. The van der Waals surface area contributed by atoms with Gasteiger partial charge in [0.05, 0.1) is 35.6 Å². The molecule has 12 atom stereocenters. The third-order valence-electron chi connectivity index (χ3n) is 13.8. The van der Waals surface area contributed by atoms with Crippen molar-refractivity contribution < 1.29 is 25.2 Å². The van der Waals surface area contributed by atoms with Crippen LogP contribution in [0.4, 0.5) is 0 Å². The van der Waals surface area contributed by atoms with Crippen LogP contribution in [0.25, 0.3) is 0 Å². The lowest BCUT2D eigenvalue weighted by Crippen LogP contribution is -2.62. The zero-order valence-electron chi connectivity index (χ0n) is 23.1. The van der Waals surface area contributed by atoms with Crippen molar-refractivity contribution >= 4 is 0 Å². The Kier molecular flexibility index (Phi) is 4.92. The molecule has 0 radical (unpaired) electrons. The second-order valence-electron chi connectivity index (χ2n) is 15.9. The third kappa shape index (κ3) is 2.78. The van der Waals surface area contributed by atoms with Gasteiger partial charge in [0, 0.05) is 5.92 Å². The molecule has 0 amide bonds. The maximum Gasteiger partial charge on any atom is 0.0865 e. The van der Waals surface area contributed by atoms with Crippen molar-refractivity contribution in [1.82, 2.24) is 0 Å². The van der Waals surface area contributed by atoms with Crippen molar-refractivity contribution in [2.24, 2.45) is 44.8 Å². The molecule has 1 heterocycles. The molecule has 0 bridgehead atoms. The van der Waals surface area contributed by atoms with Gasteiger partial charge in [0.25, 0.3) is 0 Å². The van der Waals surface area contributed by atoms with E-state index in [4.69, 9.17) is 4.74 Å². The van der Waals surface area contributed by atoms with Crippen LogP contribution in [-0.4, -0.2) is 56.0 Å². The summed E-state index contributed by atoms with van der Waals surface area (Å²) in [4.78, 5) is 0. The van der Waals surface area contributed by atoms with Crippen molar-refractivity contribution in [3.05, 3.63) is 0 Å². The minimum Gasteiger partial charge on any atom is -0.393 e. The normalized spacial score (nSPS) is 60.9. The van der Waals surface area contributed by atoms with Gasteiger partial charge in [-0.2, -0.15) is 0 Å². The van der Waals surface area contributed by atoms with Gasteiger partial charge in [-0.1, -0.05) is 27.7 Å². The lowest BCUT2D eigenvalue weighted by molar-refractivity contribution is -0.213. The molecule has 0 unspecified atom stereocenters. The second kappa shape index (κ2) is 6.86. The van der Waals surface area contributed by atoms with Crippen molar-refractivity contribution in [1.29, 1.82) is 0 Å². The molecule has 0 aromatic carbocycles. The molecular formula is C30H50O5. The lowest BCUT2D eigenvalue weighted by atomic mass is 9.41. The van der Waals surface area contributed by atoms with Gasteiger partial charge in [-0.15, -0.1) is 0 Å². The van der Waals surface area contributed by atoms with E-state index in [-0.39, 0.29) is 51.1 Å². The highest BCUT2D eigenvalue weighted by Crippen LogP contribution is 2.89. The lowest BCUT2D eigenvalue weighted by Gasteiger charge is -2.64. The van der Waals surface area contributed by atoms with Gasteiger partial charge in [0.2, 0.25) is 0 Å². The van der Waals surface area contributed by atoms with E-state index in [0.29, 0.717) is 5.92 Å². The summed E-state index contributed by atoms with van der Waals surface area (Å²) in [6.07, 6.45) is 7.18. The molecule has 35 heavy (non-hydrogen) atoms. The highest BCUT2D eigenvalue weighted by Gasteiger charge is 2.84. The molecule has 5 nitrogen and oxygen atoms in total. The Balaban J connectivity index is 1.37. The molecule has 1 saturated heterocycles. The summed E-state index contributed by atoms with van der Waals surface area (Å²) < 4.78 is 6.66. The van der Waals surface area contributed by atoms with Crippen LogP contribution in [0.5, 0.6) is 0 Å². The Bertz CT molecular complexity index is 911. The summed E-state index contributed by atoms with van der Waals surface area (Å²) in [5.74, 6) is 0.577. The van der Waals surface area contributed by atoms with Gasteiger partial charge < -0.3 is 25.2 Å². The minimum atomic E-state index is -0.886. The Labute approximate surface area is 212 Å². The largest absolute Gasteiger partial charge is 0.393 e. The maximum atomic E-state index is 11.7. The molecule has 200 valence electrons. The molecule has 1 aliphatic heterocycles. The number of aliphatic hydroxyl groups is 4. The summed E-state index contributed by atoms with van der Waals surface area (Å²) in [6.45, 7) is 15.0. The van der Waals surface area contributed by atoms with Gasteiger partial charge in [-0.05, 0) is 117 Å². The number of aliphatic hydroxyl groups excluding tert-OH is 3. The molecule has 0 aromatic heterocycles. The summed E-state index contributed by atoms with van der Waals surface area (Å²) in [5.41, 5.74) is -1.35. The van der Waals surface area contributed by atoms with E-state index in [2.05, 4.69) is 34.6 Å². The Morgan fingerprint density at radius 3 is 2.09 bits per heavy atom. The standard InChI is InChI=1S/C30H50O5/c1-24(2)20(33)8-11-30-16-29(30)13-12-26(5)23(28(7)10-9-21(35-28)25(3,4)34)18(32)15-27(26,6)19(29)14-17(31)22(24)30/h17-23,31-34H,8-16H2,1-7H3/t17-,18-,19+,20-,21+,22-,23-,26+,27-,28+,29-,30+/m0/s1. The van der Waals surface area contributed by atoms with Crippen molar-refractivity contribution in [3.63, 3.8) is 0 Å². The van der Waals surface area contributed by atoms with Gasteiger partial charge >= 0.3 is 0 Å². The fourth-order valence-corrected chi connectivity index (χ4v) is 12.1. The number of hydrogen-bond donors (Lipinski definition) is 4. The topological polar surface area (TPSA) is 90.2 Å². The average molecular weight is 491 g/mol. The van der Waals surface area contributed by atoms with E-state index in [1.54, 1.807) is 0 Å². The van der Waals surface area contributed by atoms with Gasteiger partial charge in [-0.3, -0.25) is 0 Å². The second-order valence-corrected chi connectivity index (χ2v) is 15.9. The van der Waals surface area contributed by atoms with Crippen LogP contribution < -0.4 is 0 Å². The summed E-state index contributed by atoms with van der Waals surface area (Å²) in [7, 11) is 0. The van der Waals surface area contributed by atoms with Crippen LogP contribution in [0.15, 0.2) is 0 Å². The van der Waals surface area contributed by atoms with Crippen LogP contribution in [0.1, 0.15) is 106 Å². The fraction of sp³-hybridized carbons (Fsp3) is 1.00. The maximum absolute atomic E-state index is 11.7. The predicted octanol–water partition coefficient (Wildman–Crippen LogP) is 4.44. The Morgan fingerprint density at radius 1 is 0.771 bits per heavy atom. The molecule has 4 N–H and O–H groups in total. The average Bonchev–Trinajstić information content (AvgIpc) is 3.08. The van der Waals surface area contributed by atoms with E-state index in [1.165, 1.54) is 6.42 Å². The van der Waals surface area contributed by atoms with Crippen molar-refractivity contribution in [3.8, 4) is 0 Å². The van der Waals surface area contributed by atoms with Crippen molar-refractivity contribution in [2.75, 3.05) is 0 Å². The zero-order valence-corrected chi connectivity index (χ0v) is 23.1. The Hall–Kier alpha value is -0.200. The first-order chi connectivity index (χ1) is 16.0. The molecule has 6 aliphatic rings. The number of ether oxygens (including phenoxy) is 1. The third-order valence-corrected chi connectivity index (χ3v) is 13.8. The molecule has 5 saturated carbocycles. The summed E-state index contributed by atoms with van der Waals surface area (Å²) in [5, 5.41) is 45.0. The van der Waals surface area contributed by atoms with Gasteiger partial charge in [-0.25, -0.2) is 0 Å². The molecule has 2 spiro atoms. The van der Waals surface area contributed by atoms with Gasteiger partial charge in [0.1, 0.15) is 0 Å². The smallest absolute Gasteiger partial charge is 0.0865 e. The summed E-state index contributed by atoms with van der Waals surface area (Å²) in [6, 6.07) is 0. The van der Waals surface area contributed by atoms with Crippen LogP contribution in [0.2, 0.25) is 0 Å². The molecule has 5 aliphatic carbocycles.